The summed E-state index contributed by atoms with van der Waals surface area (Å²) in [5.41, 5.74) is 2.09. The standard InChI is InChI=1S/C28H33N3O5S/c1-5-29-28(33)22(3)30(19-23-13-17-25(36-4)18-14-23)27(32)20-31(24-15-11-21(2)12-16-24)37(34,35)26-9-7-6-8-10-26/h6-18,22H,5,19-20H2,1-4H3,(H,29,33). The van der Waals surface area contributed by atoms with Gasteiger partial charge in [0.2, 0.25) is 11.8 Å². The first-order valence-electron chi connectivity index (χ1n) is 12.0. The van der Waals surface area contributed by atoms with Crippen LogP contribution in [0.2, 0.25) is 0 Å². The zero-order chi connectivity index (χ0) is 27.0. The minimum Gasteiger partial charge on any atom is -0.497 e. The van der Waals surface area contributed by atoms with Gasteiger partial charge in [-0.1, -0.05) is 48.0 Å². The molecule has 3 aromatic rings. The third kappa shape index (κ3) is 6.89. The van der Waals surface area contributed by atoms with E-state index < -0.39 is 28.5 Å². The molecule has 0 spiro atoms. The first kappa shape index (κ1) is 27.7. The van der Waals surface area contributed by atoms with Crippen molar-refractivity contribution in [1.82, 2.24) is 10.2 Å². The topological polar surface area (TPSA) is 96.0 Å². The van der Waals surface area contributed by atoms with Gasteiger partial charge in [-0.25, -0.2) is 8.42 Å². The lowest BCUT2D eigenvalue weighted by Gasteiger charge is -2.32. The summed E-state index contributed by atoms with van der Waals surface area (Å²) in [4.78, 5) is 28.0. The second kappa shape index (κ2) is 12.4. The zero-order valence-electron chi connectivity index (χ0n) is 21.5. The molecule has 0 fully saturated rings. The Hall–Kier alpha value is -3.85. The van der Waals surface area contributed by atoms with Crippen LogP contribution in [0.15, 0.2) is 83.8 Å². The van der Waals surface area contributed by atoms with Gasteiger partial charge >= 0.3 is 0 Å². The Morgan fingerprint density at radius 1 is 0.946 bits per heavy atom. The normalized spacial score (nSPS) is 11.9. The predicted octanol–water partition coefficient (Wildman–Crippen LogP) is 3.75. The quantitative estimate of drug-likeness (QED) is 0.413. The molecule has 0 aromatic heterocycles. The summed E-state index contributed by atoms with van der Waals surface area (Å²) in [6.07, 6.45) is 0. The number of benzene rings is 3. The second-order valence-corrected chi connectivity index (χ2v) is 10.5. The van der Waals surface area contributed by atoms with E-state index in [4.69, 9.17) is 4.74 Å². The highest BCUT2D eigenvalue weighted by atomic mass is 32.2. The van der Waals surface area contributed by atoms with E-state index in [2.05, 4.69) is 5.32 Å². The molecule has 3 aromatic carbocycles. The highest BCUT2D eigenvalue weighted by molar-refractivity contribution is 7.92. The average molecular weight is 524 g/mol. The monoisotopic (exact) mass is 523 g/mol. The van der Waals surface area contributed by atoms with Crippen molar-refractivity contribution < 1.29 is 22.7 Å². The van der Waals surface area contributed by atoms with Gasteiger partial charge in [0, 0.05) is 13.1 Å². The lowest BCUT2D eigenvalue weighted by Crippen LogP contribution is -2.51. The summed E-state index contributed by atoms with van der Waals surface area (Å²) in [5.74, 6) is -0.162. The van der Waals surface area contributed by atoms with Crippen LogP contribution in [0, 0.1) is 6.92 Å². The molecule has 0 heterocycles. The summed E-state index contributed by atoms with van der Waals surface area (Å²) < 4.78 is 33.6. The molecule has 1 N–H and O–H groups in total. The van der Waals surface area contributed by atoms with Crippen LogP contribution in [-0.2, 0) is 26.2 Å². The molecule has 0 saturated carbocycles. The SMILES string of the molecule is CCNC(=O)C(C)N(Cc1ccc(OC)cc1)C(=O)CN(c1ccc(C)cc1)S(=O)(=O)c1ccccc1. The Morgan fingerprint density at radius 2 is 1.57 bits per heavy atom. The number of ether oxygens (including phenoxy) is 1. The van der Waals surface area contributed by atoms with Gasteiger partial charge in [-0.15, -0.1) is 0 Å². The molecule has 1 unspecified atom stereocenters. The molecular weight excluding hydrogens is 490 g/mol. The summed E-state index contributed by atoms with van der Waals surface area (Å²) in [7, 11) is -2.50. The van der Waals surface area contributed by atoms with Crippen LogP contribution in [0.3, 0.4) is 0 Å². The molecule has 1 atom stereocenters. The molecule has 9 heteroatoms. The zero-order valence-corrected chi connectivity index (χ0v) is 22.4. The number of amides is 2. The average Bonchev–Trinajstić information content (AvgIpc) is 2.91. The number of carbonyl (C=O) groups excluding carboxylic acids is 2. The molecule has 0 aliphatic heterocycles. The fourth-order valence-corrected chi connectivity index (χ4v) is 5.23. The first-order chi connectivity index (χ1) is 17.7. The van der Waals surface area contributed by atoms with Gasteiger partial charge in [0.15, 0.2) is 0 Å². The van der Waals surface area contributed by atoms with Crippen LogP contribution in [0.4, 0.5) is 5.69 Å². The van der Waals surface area contributed by atoms with Crippen LogP contribution >= 0.6 is 0 Å². The molecule has 3 rings (SSSR count). The number of hydrogen-bond acceptors (Lipinski definition) is 5. The van der Waals surface area contributed by atoms with Crippen LogP contribution < -0.4 is 14.4 Å². The largest absolute Gasteiger partial charge is 0.497 e. The summed E-state index contributed by atoms with van der Waals surface area (Å²) in [6, 6.07) is 21.2. The van der Waals surface area contributed by atoms with Gasteiger partial charge in [-0.3, -0.25) is 13.9 Å². The summed E-state index contributed by atoms with van der Waals surface area (Å²) in [5, 5.41) is 2.75. The maximum Gasteiger partial charge on any atom is 0.264 e. The van der Waals surface area contributed by atoms with Crippen LogP contribution in [0.1, 0.15) is 25.0 Å². The number of likely N-dealkylation sites (N-methyl/N-ethyl adjacent to an activating group) is 1. The first-order valence-corrected chi connectivity index (χ1v) is 13.5. The minimum atomic E-state index is -4.06. The number of nitrogens with zero attached hydrogens (tertiary/aromatic N) is 2. The fraction of sp³-hybridized carbons (Fsp3) is 0.286. The Labute approximate surface area is 218 Å². The Bertz CT molecular complexity index is 1290. The van der Waals surface area contributed by atoms with Gasteiger partial charge in [0.05, 0.1) is 17.7 Å². The smallest absolute Gasteiger partial charge is 0.264 e. The number of hydrogen-bond donors (Lipinski definition) is 1. The predicted molar refractivity (Wildman–Crippen MR) is 144 cm³/mol. The number of methoxy groups -OCH3 is 1. The number of aryl methyl sites for hydroxylation is 1. The molecular formula is C28H33N3O5S. The van der Waals surface area contributed by atoms with E-state index in [-0.39, 0.29) is 17.3 Å². The third-order valence-electron chi connectivity index (χ3n) is 5.96. The van der Waals surface area contributed by atoms with E-state index in [0.717, 1.165) is 15.4 Å². The van der Waals surface area contributed by atoms with Crippen molar-refractivity contribution in [3.8, 4) is 5.75 Å². The van der Waals surface area contributed by atoms with E-state index in [1.54, 1.807) is 75.6 Å². The Balaban J connectivity index is 1.99. The van der Waals surface area contributed by atoms with Gasteiger partial charge in [0.25, 0.3) is 10.0 Å². The van der Waals surface area contributed by atoms with Gasteiger partial charge in [-0.2, -0.15) is 0 Å². The molecule has 0 aliphatic rings. The van der Waals surface area contributed by atoms with Crippen molar-refractivity contribution in [2.75, 3.05) is 24.5 Å². The van der Waals surface area contributed by atoms with Gasteiger partial charge < -0.3 is 15.0 Å². The number of carbonyl (C=O) groups is 2. The highest BCUT2D eigenvalue weighted by Gasteiger charge is 2.32. The maximum atomic E-state index is 13.8. The lowest BCUT2D eigenvalue weighted by atomic mass is 10.1. The molecule has 0 saturated heterocycles. The number of nitrogens with one attached hydrogen (secondary N) is 1. The Kier molecular flexibility index (Phi) is 9.30. The maximum absolute atomic E-state index is 13.8. The summed E-state index contributed by atoms with van der Waals surface area (Å²) in [6.45, 7) is 5.38. The van der Waals surface area contributed by atoms with Gasteiger partial charge in [-0.05, 0) is 62.7 Å². The molecule has 8 nitrogen and oxygen atoms in total. The lowest BCUT2D eigenvalue weighted by molar-refractivity contribution is -0.139. The molecule has 0 radical (unpaired) electrons. The van der Waals surface area contributed by atoms with Crippen molar-refractivity contribution in [3.05, 3.63) is 90.0 Å². The van der Waals surface area contributed by atoms with Gasteiger partial charge in [0.1, 0.15) is 18.3 Å². The van der Waals surface area contributed by atoms with Crippen molar-refractivity contribution >= 4 is 27.5 Å². The van der Waals surface area contributed by atoms with E-state index in [1.807, 2.05) is 19.1 Å². The molecule has 0 bridgehead atoms. The van der Waals surface area contributed by atoms with Crippen molar-refractivity contribution in [1.29, 1.82) is 0 Å². The number of rotatable bonds is 11. The van der Waals surface area contributed by atoms with E-state index in [1.165, 1.54) is 17.0 Å². The van der Waals surface area contributed by atoms with E-state index in [0.29, 0.717) is 18.0 Å². The minimum absolute atomic E-state index is 0.0712. The van der Waals surface area contributed by atoms with E-state index in [9.17, 15) is 18.0 Å². The molecule has 0 aliphatic carbocycles. The number of sulfonamides is 1. The highest BCUT2D eigenvalue weighted by Crippen LogP contribution is 2.25. The van der Waals surface area contributed by atoms with Crippen molar-refractivity contribution in [2.24, 2.45) is 0 Å². The van der Waals surface area contributed by atoms with Crippen LogP contribution in [-0.4, -0.2) is 51.4 Å². The van der Waals surface area contributed by atoms with Crippen molar-refractivity contribution in [2.45, 2.75) is 38.3 Å². The number of anilines is 1. The molecule has 37 heavy (non-hydrogen) atoms. The van der Waals surface area contributed by atoms with Crippen LogP contribution in [0.25, 0.3) is 0 Å². The molecule has 2 amide bonds. The van der Waals surface area contributed by atoms with Crippen molar-refractivity contribution in [3.63, 3.8) is 0 Å². The van der Waals surface area contributed by atoms with E-state index >= 15 is 0 Å². The Morgan fingerprint density at radius 3 is 2.14 bits per heavy atom. The third-order valence-corrected chi connectivity index (χ3v) is 7.75. The second-order valence-electron chi connectivity index (χ2n) is 8.60. The van der Waals surface area contributed by atoms with Crippen LogP contribution in [0.5, 0.6) is 5.75 Å². The fourth-order valence-electron chi connectivity index (χ4n) is 3.79. The molecule has 196 valence electrons. The summed E-state index contributed by atoms with van der Waals surface area (Å²) >= 11 is 0.